The van der Waals surface area contributed by atoms with Crippen LogP contribution in [0.2, 0.25) is 0 Å². The molecule has 4 nitrogen and oxygen atoms in total. The summed E-state index contributed by atoms with van der Waals surface area (Å²) < 4.78 is 32.0. The van der Waals surface area contributed by atoms with Crippen molar-refractivity contribution < 1.29 is 18.3 Å². The van der Waals surface area contributed by atoms with E-state index in [0.29, 0.717) is 6.54 Å². The van der Waals surface area contributed by atoms with Crippen molar-refractivity contribution in [2.75, 3.05) is 19.6 Å². The van der Waals surface area contributed by atoms with E-state index in [0.717, 1.165) is 5.56 Å². The average Bonchev–Trinajstić information content (AvgIpc) is 2.44. The number of ether oxygens (including phenoxy) is 1. The Labute approximate surface area is 116 Å². The van der Waals surface area contributed by atoms with E-state index in [1.807, 2.05) is 30.3 Å². The fourth-order valence-electron chi connectivity index (χ4n) is 2.09. The number of carbonyl (C=O) groups excluding carboxylic acids is 1. The third-order valence-electron chi connectivity index (χ3n) is 3.33. The van der Waals surface area contributed by atoms with E-state index in [9.17, 15) is 13.6 Å². The van der Waals surface area contributed by atoms with Gasteiger partial charge in [-0.1, -0.05) is 30.3 Å². The summed E-state index contributed by atoms with van der Waals surface area (Å²) >= 11 is 0. The zero-order valence-electron chi connectivity index (χ0n) is 11.1. The first-order valence-electron chi connectivity index (χ1n) is 6.61. The highest BCUT2D eigenvalue weighted by molar-refractivity contribution is 5.67. The summed E-state index contributed by atoms with van der Waals surface area (Å²) in [5, 5.41) is 5.30. The van der Waals surface area contributed by atoms with Gasteiger partial charge in [-0.3, -0.25) is 0 Å². The molecule has 1 fully saturated rings. The maximum absolute atomic E-state index is 13.5. The van der Waals surface area contributed by atoms with Crippen LogP contribution in [0, 0.1) is 5.92 Å². The molecule has 0 bridgehead atoms. The second-order valence-electron chi connectivity index (χ2n) is 4.85. The largest absolute Gasteiger partial charge is 0.445 e. The fraction of sp³-hybridized carbons (Fsp3) is 0.500. The smallest absolute Gasteiger partial charge is 0.407 e. The van der Waals surface area contributed by atoms with Gasteiger partial charge in [-0.05, 0) is 5.56 Å². The van der Waals surface area contributed by atoms with E-state index in [-0.39, 0.29) is 26.1 Å². The molecule has 20 heavy (non-hydrogen) atoms. The third-order valence-corrected chi connectivity index (χ3v) is 3.33. The van der Waals surface area contributed by atoms with Crippen molar-refractivity contribution >= 4 is 6.09 Å². The van der Waals surface area contributed by atoms with Crippen molar-refractivity contribution in [3.8, 4) is 0 Å². The number of rotatable bonds is 4. The van der Waals surface area contributed by atoms with E-state index in [1.54, 1.807) is 0 Å². The Kier molecular flexibility index (Phi) is 4.89. The van der Waals surface area contributed by atoms with Crippen LogP contribution in [0.5, 0.6) is 0 Å². The third kappa shape index (κ3) is 4.16. The number of alkyl carbamates (subject to hydrolysis) is 1. The van der Waals surface area contributed by atoms with Gasteiger partial charge in [-0.25, -0.2) is 13.6 Å². The van der Waals surface area contributed by atoms with Crippen molar-refractivity contribution in [2.45, 2.75) is 19.0 Å². The first-order chi connectivity index (χ1) is 9.58. The summed E-state index contributed by atoms with van der Waals surface area (Å²) in [4.78, 5) is 11.5. The van der Waals surface area contributed by atoms with Crippen molar-refractivity contribution in [3.05, 3.63) is 35.9 Å². The van der Waals surface area contributed by atoms with Gasteiger partial charge in [0.05, 0.1) is 5.92 Å². The van der Waals surface area contributed by atoms with Gasteiger partial charge in [-0.2, -0.15) is 0 Å². The quantitative estimate of drug-likeness (QED) is 0.891. The van der Waals surface area contributed by atoms with Crippen LogP contribution in [-0.2, 0) is 11.3 Å². The number of carbonyl (C=O) groups is 1. The van der Waals surface area contributed by atoms with Crippen LogP contribution in [0.3, 0.4) is 0 Å². The predicted molar refractivity (Wildman–Crippen MR) is 70.6 cm³/mol. The van der Waals surface area contributed by atoms with Crippen molar-refractivity contribution in [2.24, 2.45) is 5.92 Å². The van der Waals surface area contributed by atoms with Crippen LogP contribution in [0.1, 0.15) is 12.0 Å². The number of hydrogen-bond acceptors (Lipinski definition) is 3. The molecule has 1 aliphatic rings. The highest BCUT2D eigenvalue weighted by Crippen LogP contribution is 2.29. The molecule has 0 radical (unpaired) electrons. The Morgan fingerprint density at radius 2 is 2.15 bits per heavy atom. The summed E-state index contributed by atoms with van der Waals surface area (Å²) in [6, 6.07) is 9.19. The van der Waals surface area contributed by atoms with E-state index < -0.39 is 17.9 Å². The minimum absolute atomic E-state index is 0.0897. The summed E-state index contributed by atoms with van der Waals surface area (Å²) in [5.41, 5.74) is 0.854. The first-order valence-corrected chi connectivity index (χ1v) is 6.61. The maximum atomic E-state index is 13.5. The lowest BCUT2D eigenvalue weighted by molar-refractivity contribution is -0.0764. The van der Waals surface area contributed by atoms with E-state index in [1.165, 1.54) is 0 Å². The van der Waals surface area contributed by atoms with Crippen LogP contribution in [0.4, 0.5) is 13.6 Å². The lowest BCUT2D eigenvalue weighted by Crippen LogP contribution is -2.49. The summed E-state index contributed by atoms with van der Waals surface area (Å²) in [5.74, 6) is -3.63. The van der Waals surface area contributed by atoms with Crippen LogP contribution in [0.25, 0.3) is 0 Å². The molecule has 1 heterocycles. The monoisotopic (exact) mass is 284 g/mol. The minimum Gasteiger partial charge on any atom is -0.445 e. The number of benzene rings is 1. The molecule has 2 rings (SSSR count). The molecular weight excluding hydrogens is 266 g/mol. The Morgan fingerprint density at radius 1 is 1.40 bits per heavy atom. The normalized spacial score (nSPS) is 21.2. The molecule has 1 atom stereocenters. The van der Waals surface area contributed by atoms with Gasteiger partial charge in [0.25, 0.3) is 5.92 Å². The zero-order chi connectivity index (χ0) is 14.4. The lowest BCUT2D eigenvalue weighted by Gasteiger charge is -2.31. The standard InChI is InChI=1S/C14H18F2N2O2/c15-14(16)6-7-17-8-12(14)9-18-13(19)20-10-11-4-2-1-3-5-11/h1-5,12,17H,6-10H2,(H,18,19)/t12-/m0/s1. The molecule has 0 spiro atoms. The summed E-state index contributed by atoms with van der Waals surface area (Å²) in [6.45, 7) is 0.549. The van der Waals surface area contributed by atoms with Crippen molar-refractivity contribution in [1.29, 1.82) is 0 Å². The Bertz CT molecular complexity index is 440. The van der Waals surface area contributed by atoms with Crippen molar-refractivity contribution in [1.82, 2.24) is 10.6 Å². The van der Waals surface area contributed by atoms with Crippen LogP contribution >= 0.6 is 0 Å². The second-order valence-corrected chi connectivity index (χ2v) is 4.85. The van der Waals surface area contributed by atoms with Crippen LogP contribution in [0.15, 0.2) is 30.3 Å². The number of alkyl halides is 2. The highest BCUT2D eigenvalue weighted by atomic mass is 19.3. The highest BCUT2D eigenvalue weighted by Gasteiger charge is 2.41. The van der Waals surface area contributed by atoms with E-state index in [4.69, 9.17) is 4.74 Å². The number of nitrogens with one attached hydrogen (secondary N) is 2. The van der Waals surface area contributed by atoms with E-state index in [2.05, 4.69) is 10.6 Å². The number of piperidine rings is 1. The van der Waals surface area contributed by atoms with Crippen molar-refractivity contribution in [3.63, 3.8) is 0 Å². The number of halogens is 2. The average molecular weight is 284 g/mol. The topological polar surface area (TPSA) is 50.4 Å². The van der Waals surface area contributed by atoms with Gasteiger partial charge in [0, 0.05) is 26.1 Å². The zero-order valence-corrected chi connectivity index (χ0v) is 11.1. The van der Waals surface area contributed by atoms with Crippen LogP contribution in [-0.4, -0.2) is 31.7 Å². The first kappa shape index (κ1) is 14.7. The molecule has 1 saturated heterocycles. The molecule has 0 saturated carbocycles. The van der Waals surface area contributed by atoms with Gasteiger partial charge in [0.1, 0.15) is 6.61 Å². The molecular formula is C14H18F2N2O2. The summed E-state index contributed by atoms with van der Waals surface area (Å²) in [7, 11) is 0. The van der Waals surface area contributed by atoms with Gasteiger partial charge < -0.3 is 15.4 Å². The number of hydrogen-bond donors (Lipinski definition) is 2. The molecule has 110 valence electrons. The number of amides is 1. The van der Waals surface area contributed by atoms with Gasteiger partial charge in [-0.15, -0.1) is 0 Å². The van der Waals surface area contributed by atoms with Gasteiger partial charge in [0.2, 0.25) is 0 Å². The molecule has 1 aromatic rings. The fourth-order valence-corrected chi connectivity index (χ4v) is 2.09. The lowest BCUT2D eigenvalue weighted by atomic mass is 9.95. The molecule has 1 aliphatic heterocycles. The molecule has 1 aromatic carbocycles. The Hall–Kier alpha value is -1.69. The molecule has 6 heteroatoms. The Morgan fingerprint density at radius 3 is 2.85 bits per heavy atom. The predicted octanol–water partition coefficient (Wildman–Crippen LogP) is 2.16. The van der Waals surface area contributed by atoms with Crippen LogP contribution < -0.4 is 10.6 Å². The maximum Gasteiger partial charge on any atom is 0.407 e. The molecule has 1 amide bonds. The summed E-state index contributed by atoms with van der Waals surface area (Å²) in [6.07, 6.45) is -0.867. The minimum atomic E-state index is -2.74. The van der Waals surface area contributed by atoms with Gasteiger partial charge >= 0.3 is 6.09 Å². The van der Waals surface area contributed by atoms with E-state index >= 15 is 0 Å². The second kappa shape index (κ2) is 6.65. The molecule has 0 aromatic heterocycles. The molecule has 0 aliphatic carbocycles. The molecule has 0 unspecified atom stereocenters. The molecule has 2 N–H and O–H groups in total. The SMILES string of the molecule is O=C(NC[C@@H]1CNCCC1(F)F)OCc1ccccc1. The van der Waals surface area contributed by atoms with Gasteiger partial charge in [0.15, 0.2) is 0 Å². The Balaban J connectivity index is 1.72.